The van der Waals surface area contributed by atoms with E-state index in [9.17, 15) is 13.2 Å². The van der Waals surface area contributed by atoms with E-state index < -0.39 is 10.0 Å². The molecule has 2 aromatic rings. The lowest BCUT2D eigenvalue weighted by molar-refractivity contribution is 0.0954. The predicted molar refractivity (Wildman–Crippen MR) is 113 cm³/mol. The second kappa shape index (κ2) is 9.52. The van der Waals surface area contributed by atoms with E-state index in [1.165, 1.54) is 4.31 Å². The number of anilines is 1. The Labute approximate surface area is 170 Å². The number of furan rings is 1. The summed E-state index contributed by atoms with van der Waals surface area (Å²) in [4.78, 5) is 12.5. The lowest BCUT2D eigenvalue weighted by atomic mass is 10.1. The third-order valence-electron chi connectivity index (χ3n) is 4.66. The number of nitrogens with one attached hydrogen (secondary N) is 1. The Morgan fingerprint density at radius 2 is 2.14 bits per heavy atom. The van der Waals surface area contributed by atoms with Gasteiger partial charge in [-0.15, -0.1) is 0 Å². The minimum absolute atomic E-state index is 0.165. The van der Waals surface area contributed by atoms with Gasteiger partial charge in [0.25, 0.3) is 5.91 Å². The van der Waals surface area contributed by atoms with E-state index in [2.05, 4.69) is 5.32 Å². The molecule has 0 saturated carbocycles. The lowest BCUT2D eigenvalue weighted by Gasteiger charge is -2.29. The second-order valence-electron chi connectivity index (χ2n) is 6.84. The van der Waals surface area contributed by atoms with E-state index in [-0.39, 0.29) is 11.7 Å². The molecule has 6 nitrogen and oxygen atoms in total. The molecule has 1 aromatic heterocycles. The summed E-state index contributed by atoms with van der Waals surface area (Å²) in [5, 5.41) is 2.92. The third kappa shape index (κ3) is 5.32. The number of carbonyl (C=O) groups is 1. The molecule has 1 amide bonds. The van der Waals surface area contributed by atoms with Gasteiger partial charge in [0.05, 0.1) is 23.5 Å². The molecule has 0 radical (unpaired) electrons. The summed E-state index contributed by atoms with van der Waals surface area (Å²) in [7, 11) is -3.30. The quantitative estimate of drug-likeness (QED) is 0.658. The zero-order valence-electron chi connectivity index (χ0n) is 16.0. The average Bonchev–Trinajstić information content (AvgIpc) is 3.18. The number of benzene rings is 1. The van der Waals surface area contributed by atoms with Crippen LogP contribution in [0.15, 0.2) is 41.0 Å². The van der Waals surface area contributed by atoms with Gasteiger partial charge < -0.3 is 9.73 Å². The summed E-state index contributed by atoms with van der Waals surface area (Å²) in [5.41, 5.74) is 1.96. The van der Waals surface area contributed by atoms with E-state index in [0.29, 0.717) is 30.8 Å². The van der Waals surface area contributed by atoms with E-state index >= 15 is 0 Å². The van der Waals surface area contributed by atoms with Crippen LogP contribution in [0.1, 0.15) is 40.9 Å². The number of aryl methyl sites for hydroxylation is 1. The van der Waals surface area contributed by atoms with E-state index in [0.717, 1.165) is 35.7 Å². The number of rotatable bonds is 8. The molecule has 2 heterocycles. The van der Waals surface area contributed by atoms with Crippen molar-refractivity contribution in [2.75, 3.05) is 28.9 Å². The van der Waals surface area contributed by atoms with Crippen molar-refractivity contribution in [1.29, 1.82) is 0 Å². The van der Waals surface area contributed by atoms with Crippen molar-refractivity contribution in [3.05, 3.63) is 53.5 Å². The van der Waals surface area contributed by atoms with Crippen molar-refractivity contribution in [3.8, 4) is 0 Å². The van der Waals surface area contributed by atoms with Crippen LogP contribution in [0.5, 0.6) is 0 Å². The van der Waals surface area contributed by atoms with Gasteiger partial charge in [0.2, 0.25) is 10.0 Å². The Balaban J connectivity index is 1.52. The Morgan fingerprint density at radius 1 is 1.29 bits per heavy atom. The fourth-order valence-corrected chi connectivity index (χ4v) is 5.68. The highest BCUT2D eigenvalue weighted by atomic mass is 32.2. The molecule has 1 saturated heterocycles. The molecule has 0 unspecified atom stereocenters. The highest BCUT2D eigenvalue weighted by Gasteiger charge is 2.27. The highest BCUT2D eigenvalue weighted by molar-refractivity contribution is 7.98. The van der Waals surface area contributed by atoms with Crippen molar-refractivity contribution < 1.29 is 17.6 Å². The molecule has 1 aromatic carbocycles. The van der Waals surface area contributed by atoms with Crippen LogP contribution in [0.4, 0.5) is 5.69 Å². The lowest BCUT2D eigenvalue weighted by Crippen LogP contribution is -2.38. The van der Waals surface area contributed by atoms with Gasteiger partial charge in [-0.2, -0.15) is 11.8 Å². The monoisotopic (exact) mass is 422 g/mol. The zero-order valence-corrected chi connectivity index (χ0v) is 17.7. The molecule has 1 aliphatic rings. The molecule has 0 spiro atoms. The maximum atomic E-state index is 12.5. The highest BCUT2D eigenvalue weighted by Crippen LogP contribution is 2.28. The summed E-state index contributed by atoms with van der Waals surface area (Å²) in [6.07, 6.45) is 4.05. The molecular formula is C20H26N2O4S2. The molecule has 3 rings (SSSR count). The number of nitrogens with zero attached hydrogens (tertiary/aromatic N) is 1. The first-order valence-corrected chi connectivity index (χ1v) is 12.2. The second-order valence-corrected chi connectivity index (χ2v) is 9.96. The first-order chi connectivity index (χ1) is 13.5. The van der Waals surface area contributed by atoms with Gasteiger partial charge in [-0.3, -0.25) is 9.10 Å². The molecule has 28 heavy (non-hydrogen) atoms. The van der Waals surface area contributed by atoms with Crippen LogP contribution < -0.4 is 9.62 Å². The molecule has 1 N–H and O–H groups in total. The molecule has 152 valence electrons. The number of thioether (sulfide) groups is 1. The smallest absolute Gasteiger partial charge is 0.251 e. The van der Waals surface area contributed by atoms with Gasteiger partial charge in [0.1, 0.15) is 5.76 Å². The maximum Gasteiger partial charge on any atom is 0.251 e. The molecule has 0 atom stereocenters. The van der Waals surface area contributed by atoms with Crippen LogP contribution in [0.25, 0.3) is 0 Å². The van der Waals surface area contributed by atoms with Gasteiger partial charge in [0.15, 0.2) is 0 Å². The summed E-state index contributed by atoms with van der Waals surface area (Å²) in [5.74, 6) is 2.69. The first-order valence-electron chi connectivity index (χ1n) is 9.47. The molecule has 1 fully saturated rings. The van der Waals surface area contributed by atoms with Crippen molar-refractivity contribution in [1.82, 2.24) is 5.32 Å². The Kier molecular flexibility index (Phi) is 7.07. The standard InChI is InChI=1S/C20H26N2O4S2/c1-16-7-8-17(14-19(16)22-10-2-3-13-28(22,24)25)20(23)21-9-5-12-27-15-18-6-4-11-26-18/h4,6-8,11,14H,2-3,5,9-10,12-13,15H2,1H3,(H,21,23). The zero-order chi connectivity index (χ0) is 20.0. The molecule has 0 aliphatic carbocycles. The van der Waals surface area contributed by atoms with Crippen LogP contribution in [0.2, 0.25) is 0 Å². The van der Waals surface area contributed by atoms with Crippen LogP contribution in [-0.4, -0.2) is 38.9 Å². The van der Waals surface area contributed by atoms with Crippen molar-refractivity contribution >= 4 is 33.4 Å². The summed E-state index contributed by atoms with van der Waals surface area (Å²) in [6.45, 7) is 2.92. The Bertz CT molecular complexity index is 895. The summed E-state index contributed by atoms with van der Waals surface area (Å²) in [6, 6.07) is 9.08. The number of hydrogen-bond donors (Lipinski definition) is 1. The van der Waals surface area contributed by atoms with E-state index in [4.69, 9.17) is 4.42 Å². The first kappa shape index (κ1) is 20.8. The minimum Gasteiger partial charge on any atom is -0.468 e. The van der Waals surface area contributed by atoms with Crippen molar-refractivity contribution in [3.63, 3.8) is 0 Å². The van der Waals surface area contributed by atoms with Crippen LogP contribution >= 0.6 is 11.8 Å². The van der Waals surface area contributed by atoms with E-state index in [1.54, 1.807) is 30.2 Å². The molecule has 0 bridgehead atoms. The SMILES string of the molecule is Cc1ccc(C(=O)NCCCSCc2ccco2)cc1N1CCCCS1(=O)=O. The van der Waals surface area contributed by atoms with Crippen LogP contribution in [-0.2, 0) is 15.8 Å². The Morgan fingerprint density at radius 3 is 2.89 bits per heavy atom. The number of amides is 1. The fourth-order valence-electron chi connectivity index (χ4n) is 3.12. The molecular weight excluding hydrogens is 396 g/mol. The fraction of sp³-hybridized carbons (Fsp3) is 0.450. The number of carbonyl (C=O) groups excluding carboxylic acids is 1. The maximum absolute atomic E-state index is 12.5. The Hall–Kier alpha value is -1.93. The van der Waals surface area contributed by atoms with Crippen molar-refractivity contribution in [2.24, 2.45) is 0 Å². The largest absolute Gasteiger partial charge is 0.468 e. The topological polar surface area (TPSA) is 79.6 Å². The molecule has 8 heteroatoms. The summed E-state index contributed by atoms with van der Waals surface area (Å²) >= 11 is 1.76. The number of hydrogen-bond acceptors (Lipinski definition) is 5. The van der Waals surface area contributed by atoms with Gasteiger partial charge in [0, 0.05) is 18.7 Å². The number of sulfonamides is 1. The van der Waals surface area contributed by atoms with Crippen LogP contribution in [0.3, 0.4) is 0 Å². The van der Waals surface area contributed by atoms with Gasteiger partial charge >= 0.3 is 0 Å². The van der Waals surface area contributed by atoms with Gasteiger partial charge in [-0.05, 0) is 61.8 Å². The van der Waals surface area contributed by atoms with Gasteiger partial charge in [-0.25, -0.2) is 8.42 Å². The normalized spacial score (nSPS) is 16.1. The minimum atomic E-state index is -3.30. The van der Waals surface area contributed by atoms with Crippen molar-refractivity contribution in [2.45, 2.75) is 31.9 Å². The summed E-state index contributed by atoms with van der Waals surface area (Å²) < 4.78 is 31.5. The van der Waals surface area contributed by atoms with Gasteiger partial charge in [-0.1, -0.05) is 6.07 Å². The predicted octanol–water partition coefficient (Wildman–Crippen LogP) is 3.57. The van der Waals surface area contributed by atoms with E-state index in [1.807, 2.05) is 25.1 Å². The van der Waals surface area contributed by atoms with Crippen LogP contribution in [0, 0.1) is 6.92 Å². The molecule has 1 aliphatic heterocycles. The third-order valence-corrected chi connectivity index (χ3v) is 7.59. The average molecular weight is 423 g/mol.